The van der Waals surface area contributed by atoms with Gasteiger partial charge in [-0.25, -0.2) is 0 Å². The lowest BCUT2D eigenvalue weighted by Gasteiger charge is -2.55. The van der Waals surface area contributed by atoms with Crippen LogP contribution < -0.4 is 0 Å². The standard InChI is InChI=1S/C28H36O2/c1-25(2,3)24(29)23-27(7,22-16-12-9-13-17-22)18-21(20-14-10-8-11-15-20)19-28(23,30)26(4,5)6/h8-17,19,23,30H,18H2,1-7H3/t23-,27-,28+/m0/s1. The molecule has 160 valence electrons. The fourth-order valence-corrected chi connectivity index (χ4v) is 4.88. The van der Waals surface area contributed by atoms with Gasteiger partial charge in [-0.1, -0.05) is 109 Å². The Bertz CT molecular complexity index is 928. The molecule has 3 rings (SSSR count). The van der Waals surface area contributed by atoms with Crippen molar-refractivity contribution in [1.82, 2.24) is 0 Å². The van der Waals surface area contributed by atoms with Gasteiger partial charge in [0.15, 0.2) is 0 Å². The summed E-state index contributed by atoms with van der Waals surface area (Å²) in [6, 6.07) is 20.5. The molecule has 1 aliphatic rings. The zero-order valence-corrected chi connectivity index (χ0v) is 19.5. The summed E-state index contributed by atoms with van der Waals surface area (Å²) < 4.78 is 0. The molecule has 0 amide bonds. The van der Waals surface area contributed by atoms with Crippen molar-refractivity contribution < 1.29 is 9.90 Å². The van der Waals surface area contributed by atoms with Crippen LogP contribution >= 0.6 is 0 Å². The van der Waals surface area contributed by atoms with E-state index in [1.165, 1.54) is 0 Å². The smallest absolute Gasteiger partial charge is 0.145 e. The lowest BCUT2D eigenvalue weighted by Crippen LogP contribution is -2.62. The van der Waals surface area contributed by atoms with Gasteiger partial charge in [0.05, 0.1) is 11.5 Å². The molecule has 0 bridgehead atoms. The molecule has 1 N–H and O–H groups in total. The number of Topliss-reactive ketones (excluding diaryl/α,β-unsaturated/α-hetero) is 1. The average molecular weight is 405 g/mol. The Morgan fingerprint density at radius 2 is 1.40 bits per heavy atom. The minimum Gasteiger partial charge on any atom is -0.384 e. The highest BCUT2D eigenvalue weighted by molar-refractivity contribution is 5.91. The molecular formula is C28H36O2. The number of benzene rings is 2. The van der Waals surface area contributed by atoms with Crippen molar-refractivity contribution in [2.45, 2.75) is 65.9 Å². The SMILES string of the molecule is CC(C)(C)C(=O)[C@H]1[C@](C)(c2ccccc2)CC(c2ccccc2)=C[C@]1(O)C(C)(C)C. The summed E-state index contributed by atoms with van der Waals surface area (Å²) in [7, 11) is 0. The second kappa shape index (κ2) is 7.50. The topological polar surface area (TPSA) is 37.3 Å². The van der Waals surface area contributed by atoms with Gasteiger partial charge in [-0.2, -0.15) is 0 Å². The van der Waals surface area contributed by atoms with Crippen LogP contribution in [0.2, 0.25) is 0 Å². The molecule has 0 saturated heterocycles. The van der Waals surface area contributed by atoms with Crippen molar-refractivity contribution in [3.05, 3.63) is 77.9 Å². The number of carbonyl (C=O) groups is 1. The highest BCUT2D eigenvalue weighted by atomic mass is 16.3. The first kappa shape index (κ1) is 22.5. The lowest BCUT2D eigenvalue weighted by atomic mass is 9.50. The van der Waals surface area contributed by atoms with E-state index in [2.05, 4.69) is 31.2 Å². The van der Waals surface area contributed by atoms with Gasteiger partial charge in [-0.3, -0.25) is 4.79 Å². The summed E-state index contributed by atoms with van der Waals surface area (Å²) in [5, 5.41) is 12.3. The van der Waals surface area contributed by atoms with Gasteiger partial charge in [0.25, 0.3) is 0 Å². The van der Waals surface area contributed by atoms with Crippen LogP contribution in [0.5, 0.6) is 0 Å². The lowest BCUT2D eigenvalue weighted by molar-refractivity contribution is -0.153. The molecule has 0 unspecified atom stereocenters. The third-order valence-corrected chi connectivity index (χ3v) is 6.81. The van der Waals surface area contributed by atoms with Crippen molar-refractivity contribution in [3.63, 3.8) is 0 Å². The van der Waals surface area contributed by atoms with Crippen LogP contribution in [0.15, 0.2) is 66.7 Å². The summed E-state index contributed by atoms with van der Waals surface area (Å²) in [4.78, 5) is 13.9. The van der Waals surface area contributed by atoms with E-state index in [0.29, 0.717) is 6.42 Å². The average Bonchev–Trinajstić information content (AvgIpc) is 2.67. The fraction of sp³-hybridized carbons (Fsp3) is 0.464. The normalized spacial score (nSPS) is 27.5. The van der Waals surface area contributed by atoms with Crippen molar-refractivity contribution in [2.24, 2.45) is 16.7 Å². The molecule has 30 heavy (non-hydrogen) atoms. The molecular weight excluding hydrogens is 368 g/mol. The minimum absolute atomic E-state index is 0.106. The Morgan fingerprint density at radius 3 is 1.87 bits per heavy atom. The van der Waals surface area contributed by atoms with Crippen LogP contribution in [0.3, 0.4) is 0 Å². The van der Waals surface area contributed by atoms with E-state index >= 15 is 0 Å². The molecule has 2 heteroatoms. The van der Waals surface area contributed by atoms with E-state index in [1.807, 2.05) is 84.0 Å². The predicted molar refractivity (Wildman–Crippen MR) is 125 cm³/mol. The first-order valence-corrected chi connectivity index (χ1v) is 10.9. The van der Waals surface area contributed by atoms with Gasteiger partial charge < -0.3 is 5.11 Å². The number of carbonyl (C=O) groups excluding carboxylic acids is 1. The molecule has 0 spiro atoms. The maximum atomic E-state index is 13.9. The van der Waals surface area contributed by atoms with Gasteiger partial charge in [0.2, 0.25) is 0 Å². The van der Waals surface area contributed by atoms with Crippen LogP contribution in [0.1, 0.15) is 66.0 Å². The van der Waals surface area contributed by atoms with Gasteiger partial charge in [-0.05, 0) is 34.6 Å². The molecule has 0 aromatic heterocycles. The van der Waals surface area contributed by atoms with E-state index in [0.717, 1.165) is 16.7 Å². The van der Waals surface area contributed by atoms with Gasteiger partial charge in [0.1, 0.15) is 5.78 Å². The highest BCUT2D eigenvalue weighted by Crippen LogP contribution is 2.56. The maximum absolute atomic E-state index is 13.9. The Labute approximate surface area is 182 Å². The summed E-state index contributed by atoms with van der Waals surface area (Å²) in [5.74, 6) is -0.450. The summed E-state index contributed by atoms with van der Waals surface area (Å²) >= 11 is 0. The Balaban J connectivity index is 2.34. The van der Waals surface area contributed by atoms with Crippen molar-refractivity contribution in [2.75, 3.05) is 0 Å². The molecule has 2 aromatic rings. The molecule has 0 heterocycles. The Kier molecular flexibility index (Phi) is 5.62. The quantitative estimate of drug-likeness (QED) is 0.639. The minimum atomic E-state index is -1.29. The zero-order chi connectivity index (χ0) is 22.4. The van der Waals surface area contributed by atoms with E-state index in [-0.39, 0.29) is 5.78 Å². The largest absolute Gasteiger partial charge is 0.384 e. The number of allylic oxidation sites excluding steroid dienone is 1. The third kappa shape index (κ3) is 3.78. The van der Waals surface area contributed by atoms with Crippen molar-refractivity contribution >= 4 is 11.4 Å². The van der Waals surface area contributed by atoms with Gasteiger partial charge in [-0.15, -0.1) is 0 Å². The van der Waals surface area contributed by atoms with E-state index in [1.54, 1.807) is 0 Å². The number of rotatable bonds is 3. The second-order valence-corrected chi connectivity index (χ2v) is 11.1. The summed E-state index contributed by atoms with van der Waals surface area (Å²) in [6.45, 7) is 14.1. The number of hydrogen-bond acceptors (Lipinski definition) is 2. The van der Waals surface area contributed by atoms with E-state index in [9.17, 15) is 9.90 Å². The molecule has 3 atom stereocenters. The fourth-order valence-electron chi connectivity index (χ4n) is 4.88. The van der Waals surface area contributed by atoms with E-state index < -0.39 is 27.8 Å². The number of aliphatic hydroxyl groups is 1. The second-order valence-electron chi connectivity index (χ2n) is 11.1. The van der Waals surface area contributed by atoms with Crippen LogP contribution in [0, 0.1) is 16.7 Å². The Morgan fingerprint density at radius 1 is 0.900 bits per heavy atom. The van der Waals surface area contributed by atoms with Crippen molar-refractivity contribution in [1.29, 1.82) is 0 Å². The van der Waals surface area contributed by atoms with Gasteiger partial charge in [0, 0.05) is 10.8 Å². The first-order chi connectivity index (χ1) is 13.8. The van der Waals surface area contributed by atoms with Crippen molar-refractivity contribution in [3.8, 4) is 0 Å². The highest BCUT2D eigenvalue weighted by Gasteiger charge is 2.60. The van der Waals surface area contributed by atoms with E-state index in [4.69, 9.17) is 0 Å². The van der Waals surface area contributed by atoms with Gasteiger partial charge >= 0.3 is 0 Å². The van der Waals surface area contributed by atoms with Crippen LogP contribution in [-0.4, -0.2) is 16.5 Å². The molecule has 0 saturated carbocycles. The number of hydrogen-bond donors (Lipinski definition) is 1. The predicted octanol–water partition coefficient (Wildman–Crippen LogP) is 6.44. The molecule has 0 aliphatic heterocycles. The van der Waals surface area contributed by atoms with Crippen LogP contribution in [0.25, 0.3) is 5.57 Å². The monoisotopic (exact) mass is 404 g/mol. The summed E-state index contributed by atoms with van der Waals surface area (Å²) in [5.41, 5.74) is 0.393. The van der Waals surface area contributed by atoms with Crippen LogP contribution in [0.4, 0.5) is 0 Å². The maximum Gasteiger partial charge on any atom is 0.145 e. The molecule has 1 aliphatic carbocycles. The first-order valence-electron chi connectivity index (χ1n) is 10.9. The molecule has 0 radical (unpaired) electrons. The van der Waals surface area contributed by atoms with Crippen LogP contribution in [-0.2, 0) is 10.2 Å². The molecule has 0 fully saturated rings. The third-order valence-electron chi connectivity index (χ3n) is 6.81. The molecule has 2 nitrogen and oxygen atoms in total. The number of ketones is 1. The summed E-state index contributed by atoms with van der Waals surface area (Å²) in [6.07, 6.45) is 2.69. The Hall–Kier alpha value is -2.19. The molecule has 2 aromatic carbocycles. The zero-order valence-electron chi connectivity index (χ0n) is 19.5.